The summed E-state index contributed by atoms with van der Waals surface area (Å²) >= 11 is 5.86. The molecule has 122 valence electrons. The molecule has 24 heavy (non-hydrogen) atoms. The molecular weight excluding hydrogens is 322 g/mol. The number of rotatable bonds is 3. The molecule has 0 radical (unpaired) electrons. The maximum Gasteiger partial charge on any atom is 0.280 e. The van der Waals surface area contributed by atoms with E-state index in [9.17, 15) is 4.79 Å². The Balaban J connectivity index is 1.99. The number of aryl methyl sites for hydroxylation is 3. The normalized spacial score (nSPS) is 11.3. The van der Waals surface area contributed by atoms with Crippen LogP contribution in [0.4, 0.5) is 5.69 Å². The number of halogens is 1. The molecule has 0 amide bonds. The summed E-state index contributed by atoms with van der Waals surface area (Å²) in [6.07, 6.45) is 1.59. The van der Waals surface area contributed by atoms with Crippen LogP contribution in [-0.4, -0.2) is 16.0 Å². The highest BCUT2D eigenvalue weighted by Gasteiger charge is 2.11. The first kappa shape index (κ1) is 16.3. The standard InChI is InChI=1S/C19H18ClN3O/c1-12-4-9-17(10-13(12)2)23-19(24)18(14(3)22-23)11-21-16-7-5-15(20)6-8-16/h4-11,22H,1-3H3. The molecule has 0 aliphatic carbocycles. The van der Waals surface area contributed by atoms with E-state index in [1.54, 1.807) is 23.0 Å². The van der Waals surface area contributed by atoms with Crippen molar-refractivity contribution in [3.8, 4) is 5.69 Å². The Kier molecular flexibility index (Phi) is 4.40. The molecule has 0 aliphatic rings. The van der Waals surface area contributed by atoms with Crippen molar-refractivity contribution in [2.24, 2.45) is 4.99 Å². The van der Waals surface area contributed by atoms with Crippen LogP contribution in [-0.2, 0) is 0 Å². The van der Waals surface area contributed by atoms with E-state index in [1.807, 2.05) is 51.1 Å². The van der Waals surface area contributed by atoms with Crippen LogP contribution < -0.4 is 5.56 Å². The van der Waals surface area contributed by atoms with Gasteiger partial charge >= 0.3 is 0 Å². The molecule has 1 aromatic heterocycles. The zero-order valence-corrected chi connectivity index (χ0v) is 14.6. The molecule has 2 aromatic carbocycles. The van der Waals surface area contributed by atoms with Crippen LogP contribution in [0.2, 0.25) is 5.02 Å². The number of aliphatic imine (C=N–C) groups is 1. The second kappa shape index (κ2) is 6.49. The second-order valence-electron chi connectivity index (χ2n) is 5.79. The Morgan fingerprint density at radius 1 is 1.04 bits per heavy atom. The number of H-pyrrole nitrogens is 1. The summed E-state index contributed by atoms with van der Waals surface area (Å²) < 4.78 is 1.55. The van der Waals surface area contributed by atoms with Crippen molar-refractivity contribution in [1.29, 1.82) is 0 Å². The third-order valence-corrected chi connectivity index (χ3v) is 4.29. The Morgan fingerprint density at radius 2 is 1.75 bits per heavy atom. The van der Waals surface area contributed by atoms with Crippen molar-refractivity contribution in [2.75, 3.05) is 0 Å². The largest absolute Gasteiger partial charge is 0.295 e. The maximum absolute atomic E-state index is 12.7. The summed E-state index contributed by atoms with van der Waals surface area (Å²) in [4.78, 5) is 17.0. The Labute approximate surface area is 145 Å². The molecule has 0 bridgehead atoms. The quantitative estimate of drug-likeness (QED) is 0.702. The van der Waals surface area contributed by atoms with Crippen LogP contribution in [0.1, 0.15) is 22.4 Å². The smallest absolute Gasteiger partial charge is 0.280 e. The van der Waals surface area contributed by atoms with Gasteiger partial charge in [-0.15, -0.1) is 0 Å². The lowest BCUT2D eigenvalue weighted by molar-refractivity contribution is 0.833. The molecule has 3 aromatic rings. The monoisotopic (exact) mass is 339 g/mol. The molecule has 0 atom stereocenters. The minimum Gasteiger partial charge on any atom is -0.295 e. The molecule has 0 unspecified atom stereocenters. The first-order valence-corrected chi connectivity index (χ1v) is 8.02. The lowest BCUT2D eigenvalue weighted by Crippen LogP contribution is -2.17. The summed E-state index contributed by atoms with van der Waals surface area (Å²) in [7, 11) is 0. The van der Waals surface area contributed by atoms with E-state index in [0.29, 0.717) is 10.6 Å². The minimum absolute atomic E-state index is 0.117. The van der Waals surface area contributed by atoms with Crippen molar-refractivity contribution in [3.05, 3.63) is 80.2 Å². The van der Waals surface area contributed by atoms with Gasteiger partial charge in [0.1, 0.15) is 0 Å². The first-order chi connectivity index (χ1) is 11.5. The van der Waals surface area contributed by atoms with E-state index >= 15 is 0 Å². The van der Waals surface area contributed by atoms with E-state index < -0.39 is 0 Å². The van der Waals surface area contributed by atoms with Gasteiger partial charge < -0.3 is 0 Å². The number of nitrogens with one attached hydrogen (secondary N) is 1. The van der Waals surface area contributed by atoms with Gasteiger partial charge in [0.2, 0.25) is 0 Å². The number of hydrogen-bond acceptors (Lipinski definition) is 2. The summed E-state index contributed by atoms with van der Waals surface area (Å²) in [5.74, 6) is 0. The van der Waals surface area contributed by atoms with Crippen LogP contribution in [0.5, 0.6) is 0 Å². The second-order valence-corrected chi connectivity index (χ2v) is 6.23. The third kappa shape index (κ3) is 3.19. The van der Waals surface area contributed by atoms with E-state index in [0.717, 1.165) is 22.6 Å². The van der Waals surface area contributed by atoms with Gasteiger partial charge in [0.15, 0.2) is 0 Å². The van der Waals surface area contributed by atoms with E-state index in [-0.39, 0.29) is 5.56 Å². The SMILES string of the molecule is Cc1ccc(-n2[nH]c(C)c(C=Nc3ccc(Cl)cc3)c2=O)cc1C. The highest BCUT2D eigenvalue weighted by atomic mass is 35.5. The minimum atomic E-state index is -0.117. The van der Waals surface area contributed by atoms with Gasteiger partial charge in [-0.05, 0) is 68.3 Å². The van der Waals surface area contributed by atoms with Crippen LogP contribution in [0.25, 0.3) is 5.69 Å². The van der Waals surface area contributed by atoms with Gasteiger partial charge in [-0.1, -0.05) is 17.7 Å². The van der Waals surface area contributed by atoms with Crippen molar-refractivity contribution >= 4 is 23.5 Å². The zero-order valence-electron chi connectivity index (χ0n) is 13.8. The van der Waals surface area contributed by atoms with Gasteiger partial charge in [-0.3, -0.25) is 14.9 Å². The molecule has 4 nitrogen and oxygen atoms in total. The number of aromatic nitrogens is 2. The molecule has 1 heterocycles. The third-order valence-electron chi connectivity index (χ3n) is 4.04. The summed E-state index contributed by atoms with van der Waals surface area (Å²) in [6.45, 7) is 5.94. The van der Waals surface area contributed by atoms with Crippen molar-refractivity contribution in [3.63, 3.8) is 0 Å². The molecular formula is C19H18ClN3O. The topological polar surface area (TPSA) is 50.1 Å². The van der Waals surface area contributed by atoms with Gasteiger partial charge in [-0.2, -0.15) is 0 Å². The average molecular weight is 340 g/mol. The highest BCUT2D eigenvalue weighted by Crippen LogP contribution is 2.16. The van der Waals surface area contributed by atoms with Gasteiger partial charge in [0.05, 0.1) is 16.9 Å². The molecule has 0 aliphatic heterocycles. The van der Waals surface area contributed by atoms with Gasteiger partial charge in [0, 0.05) is 16.9 Å². The predicted molar refractivity (Wildman–Crippen MR) is 99.3 cm³/mol. The van der Waals surface area contributed by atoms with E-state index in [4.69, 9.17) is 11.6 Å². The lowest BCUT2D eigenvalue weighted by Gasteiger charge is -2.05. The summed E-state index contributed by atoms with van der Waals surface area (Å²) in [5, 5.41) is 3.77. The van der Waals surface area contributed by atoms with Crippen LogP contribution in [0.3, 0.4) is 0 Å². The maximum atomic E-state index is 12.7. The molecule has 0 saturated carbocycles. The zero-order chi connectivity index (χ0) is 17.3. The van der Waals surface area contributed by atoms with Crippen molar-refractivity contribution < 1.29 is 0 Å². The molecule has 0 spiro atoms. The first-order valence-electron chi connectivity index (χ1n) is 7.64. The van der Waals surface area contributed by atoms with Crippen LogP contribution >= 0.6 is 11.6 Å². The summed E-state index contributed by atoms with van der Waals surface area (Å²) in [5.41, 5.74) is 5.10. The molecule has 1 N–H and O–H groups in total. The Hall–Kier alpha value is -2.59. The average Bonchev–Trinajstić information content (AvgIpc) is 2.84. The number of nitrogens with zero attached hydrogens (tertiary/aromatic N) is 2. The van der Waals surface area contributed by atoms with E-state index in [2.05, 4.69) is 10.1 Å². The molecule has 0 fully saturated rings. The summed E-state index contributed by atoms with van der Waals surface area (Å²) in [6, 6.07) is 13.1. The fraction of sp³-hybridized carbons (Fsp3) is 0.158. The highest BCUT2D eigenvalue weighted by molar-refractivity contribution is 6.30. The fourth-order valence-corrected chi connectivity index (χ4v) is 2.55. The molecule has 5 heteroatoms. The van der Waals surface area contributed by atoms with Crippen LogP contribution in [0.15, 0.2) is 52.3 Å². The Bertz CT molecular complexity index is 965. The van der Waals surface area contributed by atoms with E-state index in [1.165, 1.54) is 5.56 Å². The van der Waals surface area contributed by atoms with Gasteiger partial charge in [-0.25, -0.2) is 4.68 Å². The van der Waals surface area contributed by atoms with Crippen molar-refractivity contribution in [1.82, 2.24) is 9.78 Å². The number of hydrogen-bond donors (Lipinski definition) is 1. The fourth-order valence-electron chi connectivity index (χ4n) is 2.42. The predicted octanol–water partition coefficient (Wildman–Crippen LogP) is 4.49. The lowest BCUT2D eigenvalue weighted by atomic mass is 10.1. The van der Waals surface area contributed by atoms with Crippen LogP contribution in [0, 0.1) is 20.8 Å². The van der Waals surface area contributed by atoms with Crippen molar-refractivity contribution in [2.45, 2.75) is 20.8 Å². The number of benzene rings is 2. The molecule has 0 saturated heterocycles. The molecule has 3 rings (SSSR count). The Morgan fingerprint density at radius 3 is 2.42 bits per heavy atom. The number of aromatic amines is 1. The van der Waals surface area contributed by atoms with Gasteiger partial charge in [0.25, 0.3) is 5.56 Å².